The SMILES string of the molecule is COc1ccc2c(-c3occc3C(=O)O)nn(Cc3ccccc3)c2c1. The maximum atomic E-state index is 11.5. The molecule has 1 N–H and O–H groups in total. The highest BCUT2D eigenvalue weighted by atomic mass is 16.5. The molecule has 0 amide bonds. The first-order valence-corrected chi connectivity index (χ1v) is 8.07. The van der Waals surface area contributed by atoms with Crippen LogP contribution in [0.15, 0.2) is 65.3 Å². The molecule has 0 aliphatic heterocycles. The number of methoxy groups -OCH3 is 1. The third kappa shape index (κ3) is 2.71. The Kier molecular flexibility index (Phi) is 3.93. The maximum Gasteiger partial charge on any atom is 0.339 e. The summed E-state index contributed by atoms with van der Waals surface area (Å²) >= 11 is 0. The topological polar surface area (TPSA) is 77.5 Å². The van der Waals surface area contributed by atoms with Crippen molar-refractivity contribution in [3.05, 3.63) is 72.0 Å². The van der Waals surface area contributed by atoms with Crippen LogP contribution in [0.2, 0.25) is 0 Å². The quantitative estimate of drug-likeness (QED) is 0.589. The predicted molar refractivity (Wildman–Crippen MR) is 96.5 cm³/mol. The van der Waals surface area contributed by atoms with E-state index in [4.69, 9.17) is 9.15 Å². The van der Waals surface area contributed by atoms with Crippen molar-refractivity contribution in [2.24, 2.45) is 0 Å². The van der Waals surface area contributed by atoms with Gasteiger partial charge in [-0.15, -0.1) is 0 Å². The highest BCUT2D eigenvalue weighted by Crippen LogP contribution is 2.33. The van der Waals surface area contributed by atoms with E-state index in [1.807, 2.05) is 53.2 Å². The number of benzene rings is 2. The van der Waals surface area contributed by atoms with Gasteiger partial charge in [0.25, 0.3) is 0 Å². The van der Waals surface area contributed by atoms with E-state index in [1.54, 1.807) is 7.11 Å². The highest BCUT2D eigenvalue weighted by Gasteiger charge is 2.22. The van der Waals surface area contributed by atoms with Crippen molar-refractivity contribution in [3.63, 3.8) is 0 Å². The van der Waals surface area contributed by atoms with Gasteiger partial charge in [0.2, 0.25) is 0 Å². The van der Waals surface area contributed by atoms with Crippen molar-refractivity contribution >= 4 is 16.9 Å². The summed E-state index contributed by atoms with van der Waals surface area (Å²) in [6, 6.07) is 16.9. The average molecular weight is 348 g/mol. The molecule has 2 heterocycles. The molecular formula is C20H16N2O4. The van der Waals surface area contributed by atoms with Crippen LogP contribution in [0.3, 0.4) is 0 Å². The number of carbonyl (C=O) groups is 1. The van der Waals surface area contributed by atoms with Crippen LogP contribution in [0.25, 0.3) is 22.4 Å². The Bertz CT molecular complexity index is 1080. The number of rotatable bonds is 5. The molecule has 0 saturated carbocycles. The zero-order valence-corrected chi connectivity index (χ0v) is 14.0. The summed E-state index contributed by atoms with van der Waals surface area (Å²) in [6.07, 6.45) is 1.37. The van der Waals surface area contributed by atoms with Gasteiger partial charge in [0.05, 0.1) is 25.4 Å². The molecule has 2 aromatic carbocycles. The Morgan fingerprint density at radius 3 is 2.73 bits per heavy atom. The Hall–Kier alpha value is -3.54. The molecule has 6 nitrogen and oxygen atoms in total. The van der Waals surface area contributed by atoms with E-state index in [9.17, 15) is 9.90 Å². The maximum absolute atomic E-state index is 11.5. The minimum Gasteiger partial charge on any atom is -0.497 e. The molecule has 4 rings (SSSR count). The lowest BCUT2D eigenvalue weighted by molar-refractivity contribution is 0.0697. The zero-order valence-electron chi connectivity index (χ0n) is 14.0. The highest BCUT2D eigenvalue weighted by molar-refractivity contribution is 6.00. The molecule has 6 heteroatoms. The molecule has 0 unspecified atom stereocenters. The van der Waals surface area contributed by atoms with Crippen LogP contribution >= 0.6 is 0 Å². The smallest absolute Gasteiger partial charge is 0.339 e. The van der Waals surface area contributed by atoms with Crippen LogP contribution in [-0.4, -0.2) is 28.0 Å². The fourth-order valence-electron chi connectivity index (χ4n) is 2.99. The first-order valence-electron chi connectivity index (χ1n) is 8.07. The summed E-state index contributed by atoms with van der Waals surface area (Å²) in [5.41, 5.74) is 2.52. The van der Waals surface area contributed by atoms with Crippen LogP contribution in [0, 0.1) is 0 Å². The zero-order chi connectivity index (χ0) is 18.1. The van der Waals surface area contributed by atoms with Gasteiger partial charge in [0, 0.05) is 11.5 Å². The normalized spacial score (nSPS) is 11.0. The summed E-state index contributed by atoms with van der Waals surface area (Å²) in [6.45, 7) is 0.549. The number of furan rings is 1. The number of carboxylic acids is 1. The molecule has 0 atom stereocenters. The molecule has 130 valence electrons. The minimum atomic E-state index is -1.05. The third-order valence-corrected chi connectivity index (χ3v) is 4.24. The van der Waals surface area contributed by atoms with Gasteiger partial charge in [-0.25, -0.2) is 4.79 Å². The molecule has 2 aromatic heterocycles. The van der Waals surface area contributed by atoms with Crippen molar-refractivity contribution in [2.45, 2.75) is 6.54 Å². The van der Waals surface area contributed by atoms with Gasteiger partial charge in [-0.2, -0.15) is 5.10 Å². The number of carboxylic acid groups (broad SMARTS) is 1. The first kappa shape index (κ1) is 16.0. The van der Waals surface area contributed by atoms with Gasteiger partial charge in [-0.3, -0.25) is 4.68 Å². The van der Waals surface area contributed by atoms with E-state index >= 15 is 0 Å². The monoisotopic (exact) mass is 348 g/mol. The molecule has 0 radical (unpaired) electrons. The van der Waals surface area contributed by atoms with Crippen LogP contribution in [0.5, 0.6) is 5.75 Å². The van der Waals surface area contributed by atoms with E-state index in [1.165, 1.54) is 12.3 Å². The standard InChI is InChI=1S/C20H16N2O4/c1-25-14-7-8-15-17(11-14)22(12-13-5-3-2-4-6-13)21-18(15)19-16(20(23)24)9-10-26-19/h2-11H,12H2,1H3,(H,23,24). The van der Waals surface area contributed by atoms with Crippen LogP contribution in [-0.2, 0) is 6.54 Å². The lowest BCUT2D eigenvalue weighted by Gasteiger charge is -2.05. The molecule has 0 aliphatic rings. The molecule has 0 saturated heterocycles. The molecule has 0 spiro atoms. The van der Waals surface area contributed by atoms with E-state index in [0.717, 1.165) is 16.5 Å². The molecule has 0 fully saturated rings. The van der Waals surface area contributed by atoms with E-state index in [2.05, 4.69) is 5.10 Å². The Balaban J connectivity index is 1.91. The molecule has 0 bridgehead atoms. The molecule has 26 heavy (non-hydrogen) atoms. The van der Waals surface area contributed by atoms with Crippen molar-refractivity contribution in [2.75, 3.05) is 7.11 Å². The van der Waals surface area contributed by atoms with Crippen LogP contribution in [0.1, 0.15) is 15.9 Å². The predicted octanol–water partition coefficient (Wildman–Crippen LogP) is 4.05. The Morgan fingerprint density at radius 2 is 2.00 bits per heavy atom. The average Bonchev–Trinajstić information content (AvgIpc) is 3.27. The Morgan fingerprint density at radius 1 is 1.19 bits per heavy atom. The van der Waals surface area contributed by atoms with Gasteiger partial charge in [-0.05, 0) is 23.8 Å². The largest absolute Gasteiger partial charge is 0.497 e. The number of hydrogen-bond acceptors (Lipinski definition) is 4. The van der Waals surface area contributed by atoms with Crippen molar-refractivity contribution < 1.29 is 19.1 Å². The minimum absolute atomic E-state index is 0.0899. The van der Waals surface area contributed by atoms with Gasteiger partial charge in [0.1, 0.15) is 17.0 Å². The Labute approximate surface area is 149 Å². The molecule has 0 aliphatic carbocycles. The second-order valence-corrected chi connectivity index (χ2v) is 5.84. The van der Waals surface area contributed by atoms with Gasteiger partial charge in [-0.1, -0.05) is 30.3 Å². The lowest BCUT2D eigenvalue weighted by Crippen LogP contribution is -2.02. The molecule has 4 aromatic rings. The summed E-state index contributed by atoms with van der Waals surface area (Å²) in [5.74, 6) is -0.0938. The number of hydrogen-bond donors (Lipinski definition) is 1. The fraction of sp³-hybridized carbons (Fsp3) is 0.100. The number of nitrogens with zero attached hydrogens (tertiary/aromatic N) is 2. The summed E-state index contributed by atoms with van der Waals surface area (Å²) in [4.78, 5) is 11.5. The van der Waals surface area contributed by atoms with Crippen LogP contribution in [0.4, 0.5) is 0 Å². The van der Waals surface area contributed by atoms with Crippen molar-refractivity contribution in [3.8, 4) is 17.2 Å². The van der Waals surface area contributed by atoms with E-state index < -0.39 is 5.97 Å². The van der Waals surface area contributed by atoms with Gasteiger partial charge < -0.3 is 14.3 Å². The van der Waals surface area contributed by atoms with Gasteiger partial charge >= 0.3 is 5.97 Å². The first-order chi connectivity index (χ1) is 12.7. The van der Waals surface area contributed by atoms with Crippen LogP contribution < -0.4 is 4.74 Å². The van der Waals surface area contributed by atoms with E-state index in [-0.39, 0.29) is 11.3 Å². The van der Waals surface area contributed by atoms with Crippen molar-refractivity contribution in [1.82, 2.24) is 9.78 Å². The summed E-state index contributed by atoms with van der Waals surface area (Å²) < 4.78 is 12.6. The van der Waals surface area contributed by atoms with Crippen molar-refractivity contribution in [1.29, 1.82) is 0 Å². The molecular weight excluding hydrogens is 332 g/mol. The number of ether oxygens (including phenoxy) is 1. The third-order valence-electron chi connectivity index (χ3n) is 4.24. The summed E-state index contributed by atoms with van der Waals surface area (Å²) in [5, 5.41) is 14.9. The lowest BCUT2D eigenvalue weighted by atomic mass is 10.1. The number of fused-ring (bicyclic) bond motifs is 1. The second kappa shape index (κ2) is 6.40. The number of aromatic nitrogens is 2. The fourth-order valence-corrected chi connectivity index (χ4v) is 2.99. The van der Waals surface area contributed by atoms with E-state index in [0.29, 0.717) is 18.0 Å². The summed E-state index contributed by atoms with van der Waals surface area (Å²) in [7, 11) is 1.61. The van der Waals surface area contributed by atoms with Gasteiger partial charge in [0.15, 0.2) is 5.76 Å². The second-order valence-electron chi connectivity index (χ2n) is 5.84. The number of aromatic carboxylic acids is 1.